The first-order valence-electron chi connectivity index (χ1n) is 9.92. The van der Waals surface area contributed by atoms with E-state index in [1.165, 1.54) is 5.56 Å². The van der Waals surface area contributed by atoms with Crippen LogP contribution in [0.15, 0.2) is 30.3 Å². The number of alkyl carbamates (subject to hydrolysis) is 1. The second-order valence-electron chi connectivity index (χ2n) is 7.30. The van der Waals surface area contributed by atoms with E-state index in [-0.39, 0.29) is 0 Å². The molecular weight excluding hydrogens is 360 g/mol. The minimum absolute atomic E-state index is 0.395. The van der Waals surface area contributed by atoms with Crippen LogP contribution in [0.3, 0.4) is 0 Å². The van der Waals surface area contributed by atoms with Gasteiger partial charge in [-0.1, -0.05) is 30.3 Å². The van der Waals surface area contributed by atoms with Crippen LogP contribution in [0.4, 0.5) is 4.79 Å². The van der Waals surface area contributed by atoms with Crippen molar-refractivity contribution in [2.75, 3.05) is 52.7 Å². The molecule has 0 fully saturated rings. The third kappa shape index (κ3) is 15.4. The highest BCUT2D eigenvalue weighted by atomic mass is 16.6. The highest BCUT2D eigenvalue weighted by Crippen LogP contribution is 2.06. The Balaban J connectivity index is 1.76. The second-order valence-corrected chi connectivity index (χ2v) is 7.30. The van der Waals surface area contributed by atoms with Gasteiger partial charge in [-0.25, -0.2) is 4.79 Å². The van der Waals surface area contributed by atoms with Crippen molar-refractivity contribution in [1.82, 2.24) is 10.6 Å². The fraction of sp³-hybridized carbons (Fsp3) is 0.667. The van der Waals surface area contributed by atoms with Gasteiger partial charge in [0.25, 0.3) is 0 Å². The van der Waals surface area contributed by atoms with E-state index in [9.17, 15) is 4.79 Å². The van der Waals surface area contributed by atoms with Gasteiger partial charge in [0.15, 0.2) is 0 Å². The van der Waals surface area contributed by atoms with Crippen molar-refractivity contribution in [1.29, 1.82) is 0 Å². The van der Waals surface area contributed by atoms with Crippen molar-refractivity contribution < 1.29 is 23.7 Å². The molecule has 0 aliphatic rings. The van der Waals surface area contributed by atoms with E-state index in [2.05, 4.69) is 22.8 Å². The van der Waals surface area contributed by atoms with Crippen molar-refractivity contribution >= 4 is 6.09 Å². The van der Waals surface area contributed by atoms with Crippen LogP contribution in [0, 0.1) is 0 Å². The molecule has 7 nitrogen and oxygen atoms in total. The van der Waals surface area contributed by atoms with Crippen LogP contribution < -0.4 is 10.6 Å². The first-order chi connectivity index (χ1) is 13.5. The molecule has 7 heteroatoms. The minimum atomic E-state index is -0.470. The topological polar surface area (TPSA) is 78.1 Å². The van der Waals surface area contributed by atoms with Gasteiger partial charge in [-0.2, -0.15) is 0 Å². The zero-order valence-electron chi connectivity index (χ0n) is 17.5. The van der Waals surface area contributed by atoms with E-state index >= 15 is 0 Å². The molecule has 160 valence electrons. The predicted octanol–water partition coefficient (Wildman–Crippen LogP) is 2.74. The predicted molar refractivity (Wildman–Crippen MR) is 109 cm³/mol. The van der Waals surface area contributed by atoms with Gasteiger partial charge in [0.05, 0.1) is 26.4 Å². The van der Waals surface area contributed by atoms with E-state index < -0.39 is 11.7 Å². The lowest BCUT2D eigenvalue weighted by molar-refractivity contribution is 0.0345. The Bertz CT molecular complexity index is 505. The highest BCUT2D eigenvalue weighted by molar-refractivity contribution is 5.67. The third-order valence-corrected chi connectivity index (χ3v) is 3.45. The summed E-state index contributed by atoms with van der Waals surface area (Å²) in [6.07, 6.45) is 0.479. The molecule has 0 aliphatic carbocycles. The summed E-state index contributed by atoms with van der Waals surface area (Å²) in [7, 11) is 0. The Morgan fingerprint density at radius 3 is 2.25 bits per heavy atom. The summed E-state index contributed by atoms with van der Waals surface area (Å²) in [5, 5.41) is 5.88. The molecule has 0 unspecified atom stereocenters. The van der Waals surface area contributed by atoms with Crippen molar-refractivity contribution in [2.24, 2.45) is 0 Å². The van der Waals surface area contributed by atoms with Crippen molar-refractivity contribution in [3.05, 3.63) is 35.9 Å². The van der Waals surface area contributed by atoms with Crippen LogP contribution in [0.1, 0.15) is 32.8 Å². The standard InChI is InChI=1S/C21H36N2O5/c1-21(2,3)28-20(24)23-11-10-22-12-15-26-17-16-25-13-7-14-27-18-19-8-5-4-6-9-19/h4-6,8-9,22H,7,10-18H2,1-3H3,(H,23,24). The summed E-state index contributed by atoms with van der Waals surface area (Å²) in [4.78, 5) is 11.4. The number of ether oxygens (including phenoxy) is 4. The van der Waals surface area contributed by atoms with Gasteiger partial charge in [-0.15, -0.1) is 0 Å². The Labute approximate surface area is 169 Å². The summed E-state index contributed by atoms with van der Waals surface area (Å²) in [6.45, 7) is 11.2. The molecule has 0 atom stereocenters. The second kappa shape index (κ2) is 15.3. The summed E-state index contributed by atoms with van der Waals surface area (Å²) < 4.78 is 21.7. The third-order valence-electron chi connectivity index (χ3n) is 3.45. The average Bonchev–Trinajstić information content (AvgIpc) is 2.64. The molecule has 0 aliphatic heterocycles. The molecule has 0 spiro atoms. The Kier molecular flexibility index (Phi) is 13.3. The SMILES string of the molecule is CC(C)(C)OC(=O)NCCNCCOCCOCCCOCc1ccccc1. The molecule has 0 saturated carbocycles. The number of carbonyl (C=O) groups is 1. The Morgan fingerprint density at radius 2 is 1.54 bits per heavy atom. The molecular formula is C21H36N2O5. The first-order valence-corrected chi connectivity index (χ1v) is 9.92. The van der Waals surface area contributed by atoms with Gasteiger partial charge >= 0.3 is 6.09 Å². The van der Waals surface area contributed by atoms with E-state index in [0.29, 0.717) is 52.7 Å². The van der Waals surface area contributed by atoms with Crippen LogP contribution in [-0.4, -0.2) is 64.4 Å². The highest BCUT2D eigenvalue weighted by Gasteiger charge is 2.15. The maximum Gasteiger partial charge on any atom is 0.407 e. The fourth-order valence-electron chi connectivity index (χ4n) is 2.19. The maximum atomic E-state index is 11.4. The normalized spacial score (nSPS) is 11.4. The quantitative estimate of drug-likeness (QED) is 0.444. The zero-order chi connectivity index (χ0) is 20.5. The van der Waals surface area contributed by atoms with Gasteiger partial charge in [0, 0.05) is 32.8 Å². The maximum absolute atomic E-state index is 11.4. The monoisotopic (exact) mass is 396 g/mol. The summed E-state index contributed by atoms with van der Waals surface area (Å²) in [5.74, 6) is 0. The molecule has 0 radical (unpaired) electrons. The zero-order valence-corrected chi connectivity index (χ0v) is 17.5. The molecule has 0 heterocycles. The van der Waals surface area contributed by atoms with Gasteiger partial charge in [-0.05, 0) is 32.8 Å². The molecule has 0 saturated heterocycles. The number of benzene rings is 1. The summed E-state index contributed by atoms with van der Waals surface area (Å²) >= 11 is 0. The van der Waals surface area contributed by atoms with Gasteiger partial charge in [0.1, 0.15) is 5.60 Å². The van der Waals surface area contributed by atoms with E-state index in [1.54, 1.807) is 0 Å². The number of hydrogen-bond donors (Lipinski definition) is 2. The van der Waals surface area contributed by atoms with E-state index in [0.717, 1.165) is 13.0 Å². The van der Waals surface area contributed by atoms with E-state index in [4.69, 9.17) is 18.9 Å². The summed E-state index contributed by atoms with van der Waals surface area (Å²) in [5.41, 5.74) is 0.717. The van der Waals surface area contributed by atoms with E-state index in [1.807, 2.05) is 39.0 Å². The molecule has 1 aromatic carbocycles. The van der Waals surface area contributed by atoms with Crippen molar-refractivity contribution in [2.45, 2.75) is 39.4 Å². The van der Waals surface area contributed by atoms with Gasteiger partial charge < -0.3 is 29.6 Å². The molecule has 1 rings (SSSR count). The first kappa shape index (κ1) is 24.4. The number of nitrogens with one attached hydrogen (secondary N) is 2. The molecule has 2 N–H and O–H groups in total. The summed E-state index contributed by atoms with van der Waals surface area (Å²) in [6, 6.07) is 10.1. The smallest absolute Gasteiger partial charge is 0.407 e. The van der Waals surface area contributed by atoms with Crippen LogP contribution >= 0.6 is 0 Å². The Hall–Kier alpha value is -1.67. The number of hydrogen-bond acceptors (Lipinski definition) is 6. The van der Waals surface area contributed by atoms with Crippen LogP contribution in [0.5, 0.6) is 0 Å². The van der Waals surface area contributed by atoms with Gasteiger partial charge in [-0.3, -0.25) is 0 Å². The minimum Gasteiger partial charge on any atom is -0.444 e. The molecule has 1 aromatic rings. The molecule has 28 heavy (non-hydrogen) atoms. The van der Waals surface area contributed by atoms with Crippen LogP contribution in [0.2, 0.25) is 0 Å². The molecule has 0 bridgehead atoms. The van der Waals surface area contributed by atoms with Crippen LogP contribution in [-0.2, 0) is 25.6 Å². The fourth-order valence-corrected chi connectivity index (χ4v) is 2.19. The number of amides is 1. The lowest BCUT2D eigenvalue weighted by Gasteiger charge is -2.19. The van der Waals surface area contributed by atoms with Crippen molar-refractivity contribution in [3.8, 4) is 0 Å². The van der Waals surface area contributed by atoms with Crippen LogP contribution in [0.25, 0.3) is 0 Å². The van der Waals surface area contributed by atoms with Crippen molar-refractivity contribution in [3.63, 3.8) is 0 Å². The lowest BCUT2D eigenvalue weighted by Crippen LogP contribution is -2.37. The van der Waals surface area contributed by atoms with Gasteiger partial charge in [0.2, 0.25) is 0 Å². The number of carbonyl (C=O) groups excluding carboxylic acids is 1. The average molecular weight is 397 g/mol. The molecule has 1 amide bonds. The Morgan fingerprint density at radius 1 is 0.857 bits per heavy atom. The largest absolute Gasteiger partial charge is 0.444 e. The molecule has 0 aromatic heterocycles. The number of rotatable bonds is 15. The lowest BCUT2D eigenvalue weighted by atomic mass is 10.2.